The summed E-state index contributed by atoms with van der Waals surface area (Å²) in [6, 6.07) is 23.2. The fraction of sp³-hybridized carbons (Fsp3) is 0.300. The van der Waals surface area contributed by atoms with E-state index in [1.807, 2.05) is 72.8 Å². The lowest BCUT2D eigenvalue weighted by molar-refractivity contribution is -0.144. The number of rotatable bonds is 10. The van der Waals surface area contributed by atoms with Gasteiger partial charge in [-0.2, -0.15) is 5.21 Å². The van der Waals surface area contributed by atoms with Gasteiger partial charge in [-0.25, -0.2) is 9.59 Å². The largest absolute Gasteiger partial charge is 0.479 e. The molecule has 0 unspecified atom stereocenters. The Morgan fingerprint density at radius 1 is 0.949 bits per heavy atom. The van der Waals surface area contributed by atoms with E-state index in [2.05, 4.69) is 32.9 Å². The minimum atomic E-state index is -1.34. The van der Waals surface area contributed by atoms with Crippen molar-refractivity contribution in [2.75, 3.05) is 6.54 Å². The van der Waals surface area contributed by atoms with E-state index in [9.17, 15) is 14.7 Å². The number of tetrazole rings is 1. The van der Waals surface area contributed by atoms with E-state index in [1.54, 1.807) is 4.90 Å². The number of nitrogens with zero attached hydrogens (tertiary/aromatic N) is 4. The number of carbonyl (C=O) groups is 2. The molecule has 0 aliphatic heterocycles. The third-order valence-corrected chi connectivity index (χ3v) is 7.33. The van der Waals surface area contributed by atoms with Gasteiger partial charge in [0, 0.05) is 31.5 Å². The second-order valence-electron chi connectivity index (χ2n) is 10.0. The quantitative estimate of drug-likeness (QED) is 0.255. The van der Waals surface area contributed by atoms with Gasteiger partial charge in [-0.05, 0) is 39.5 Å². The summed E-state index contributed by atoms with van der Waals surface area (Å²) in [5.74, 6) is -0.486. The molecule has 0 atom stereocenters. The summed E-state index contributed by atoms with van der Waals surface area (Å²) >= 11 is 0. The zero-order chi connectivity index (χ0) is 27.2. The standard InChI is InChI=1S/C30H32N6O3/c1-2-3-8-17-36(29(39)31-30(28(37)38)18-23-9-4-5-10-24(23)19-30)20-21-13-15-22(16-14-21)25-11-6-7-12-26(25)27-32-34-35-33-27/h4-7,9-16H,2-3,8,17-20H2,1H3,(H,31,39)(H,37,38)(H,32,33,34,35). The van der Waals surface area contributed by atoms with Crippen LogP contribution in [-0.2, 0) is 24.2 Å². The molecule has 0 saturated heterocycles. The Balaban J connectivity index is 1.34. The van der Waals surface area contributed by atoms with Gasteiger partial charge in [0.05, 0.1) is 0 Å². The zero-order valence-corrected chi connectivity index (χ0v) is 21.9. The molecule has 0 radical (unpaired) electrons. The molecular formula is C30H32N6O3. The summed E-state index contributed by atoms with van der Waals surface area (Å²) in [6.45, 7) is 3.04. The van der Waals surface area contributed by atoms with Gasteiger partial charge in [-0.1, -0.05) is 92.6 Å². The number of H-pyrrole nitrogens is 1. The Bertz CT molecular complexity index is 1410. The van der Waals surface area contributed by atoms with Crippen LogP contribution in [0.1, 0.15) is 42.9 Å². The van der Waals surface area contributed by atoms with Crippen molar-refractivity contribution in [1.29, 1.82) is 0 Å². The van der Waals surface area contributed by atoms with E-state index in [0.29, 0.717) is 18.9 Å². The van der Waals surface area contributed by atoms with E-state index in [1.165, 1.54) is 0 Å². The highest BCUT2D eigenvalue weighted by Crippen LogP contribution is 2.32. The van der Waals surface area contributed by atoms with Gasteiger partial charge >= 0.3 is 12.0 Å². The molecule has 1 aliphatic rings. The predicted molar refractivity (Wildman–Crippen MR) is 148 cm³/mol. The van der Waals surface area contributed by atoms with E-state index in [-0.39, 0.29) is 18.9 Å². The van der Waals surface area contributed by atoms with Crippen LogP contribution in [0, 0.1) is 0 Å². The van der Waals surface area contributed by atoms with E-state index in [0.717, 1.165) is 52.6 Å². The van der Waals surface area contributed by atoms with Crippen molar-refractivity contribution in [3.05, 3.63) is 89.5 Å². The Morgan fingerprint density at radius 2 is 1.62 bits per heavy atom. The molecule has 5 rings (SSSR count). The number of nitrogens with one attached hydrogen (secondary N) is 2. The first-order valence-electron chi connectivity index (χ1n) is 13.3. The number of unbranched alkanes of at least 4 members (excludes halogenated alkanes) is 2. The van der Waals surface area contributed by atoms with Crippen LogP contribution in [0.3, 0.4) is 0 Å². The Hall–Kier alpha value is -4.53. The Morgan fingerprint density at radius 3 is 2.23 bits per heavy atom. The van der Waals surface area contributed by atoms with Crippen LogP contribution in [-0.4, -0.2) is 54.7 Å². The van der Waals surface area contributed by atoms with Crippen molar-refractivity contribution in [1.82, 2.24) is 30.8 Å². The number of urea groups is 1. The van der Waals surface area contributed by atoms with Gasteiger partial charge in [-0.15, -0.1) is 10.2 Å². The van der Waals surface area contributed by atoms with Crippen molar-refractivity contribution in [3.8, 4) is 22.5 Å². The van der Waals surface area contributed by atoms with Crippen LogP contribution in [0.5, 0.6) is 0 Å². The summed E-state index contributed by atoms with van der Waals surface area (Å²) < 4.78 is 0. The van der Waals surface area contributed by atoms with Crippen molar-refractivity contribution in [2.24, 2.45) is 0 Å². The molecule has 2 amide bonds. The number of carboxylic acids is 1. The maximum atomic E-state index is 13.6. The lowest BCUT2D eigenvalue weighted by atomic mass is 9.96. The average molecular weight is 525 g/mol. The topological polar surface area (TPSA) is 124 Å². The maximum absolute atomic E-state index is 13.6. The molecule has 0 spiro atoms. The normalized spacial score (nSPS) is 13.6. The second kappa shape index (κ2) is 11.5. The van der Waals surface area contributed by atoms with Gasteiger partial charge in [0.1, 0.15) is 5.54 Å². The van der Waals surface area contributed by atoms with Crippen molar-refractivity contribution < 1.29 is 14.7 Å². The van der Waals surface area contributed by atoms with Crippen LogP contribution >= 0.6 is 0 Å². The van der Waals surface area contributed by atoms with Crippen LogP contribution in [0.25, 0.3) is 22.5 Å². The number of benzene rings is 3. The Labute approximate surface area is 227 Å². The zero-order valence-electron chi connectivity index (χ0n) is 21.9. The fourth-order valence-electron chi connectivity index (χ4n) is 5.21. The van der Waals surface area contributed by atoms with Crippen molar-refractivity contribution >= 4 is 12.0 Å². The monoisotopic (exact) mass is 524 g/mol. The first kappa shape index (κ1) is 26.1. The van der Waals surface area contributed by atoms with Gasteiger partial charge in [-0.3, -0.25) is 0 Å². The molecule has 9 heteroatoms. The van der Waals surface area contributed by atoms with E-state index in [4.69, 9.17) is 0 Å². The SMILES string of the molecule is CCCCCN(Cc1ccc(-c2ccccc2-c2nn[nH]n2)cc1)C(=O)NC1(C(=O)O)Cc2ccccc2C1. The summed E-state index contributed by atoms with van der Waals surface area (Å²) in [5, 5.41) is 27.5. The molecule has 39 heavy (non-hydrogen) atoms. The van der Waals surface area contributed by atoms with Gasteiger partial charge < -0.3 is 15.3 Å². The van der Waals surface area contributed by atoms with Crippen LogP contribution < -0.4 is 5.32 Å². The fourth-order valence-corrected chi connectivity index (χ4v) is 5.21. The molecule has 0 fully saturated rings. The number of hydrogen-bond donors (Lipinski definition) is 3. The van der Waals surface area contributed by atoms with Crippen LogP contribution in [0.2, 0.25) is 0 Å². The average Bonchev–Trinajstić information content (AvgIpc) is 3.62. The van der Waals surface area contributed by atoms with Crippen molar-refractivity contribution in [3.63, 3.8) is 0 Å². The number of aromatic nitrogens is 4. The van der Waals surface area contributed by atoms with E-state index >= 15 is 0 Å². The van der Waals surface area contributed by atoms with Gasteiger partial charge in [0.2, 0.25) is 5.82 Å². The Kier molecular flexibility index (Phi) is 7.67. The van der Waals surface area contributed by atoms with Crippen molar-refractivity contribution in [2.45, 2.75) is 51.1 Å². The molecule has 9 nitrogen and oxygen atoms in total. The summed E-state index contributed by atoms with van der Waals surface area (Å²) in [4.78, 5) is 27.7. The van der Waals surface area contributed by atoms with E-state index < -0.39 is 11.5 Å². The number of carboxylic acid groups (broad SMARTS) is 1. The molecule has 4 aromatic rings. The minimum Gasteiger partial charge on any atom is -0.479 e. The summed E-state index contributed by atoms with van der Waals surface area (Å²) in [6.07, 6.45) is 3.42. The highest BCUT2D eigenvalue weighted by Gasteiger charge is 2.46. The number of hydrogen-bond acceptors (Lipinski definition) is 5. The lowest BCUT2D eigenvalue weighted by Gasteiger charge is -2.31. The first-order valence-corrected chi connectivity index (χ1v) is 13.3. The molecule has 3 aromatic carbocycles. The predicted octanol–water partition coefficient (Wildman–Crippen LogP) is 4.86. The molecule has 3 N–H and O–H groups in total. The third-order valence-electron chi connectivity index (χ3n) is 7.33. The smallest absolute Gasteiger partial charge is 0.330 e. The maximum Gasteiger partial charge on any atom is 0.330 e. The highest BCUT2D eigenvalue weighted by atomic mass is 16.4. The molecule has 200 valence electrons. The molecule has 1 heterocycles. The second-order valence-corrected chi connectivity index (χ2v) is 10.0. The molecule has 0 bridgehead atoms. The van der Waals surface area contributed by atoms with Crippen LogP contribution in [0.15, 0.2) is 72.8 Å². The molecule has 0 saturated carbocycles. The summed E-state index contributed by atoms with van der Waals surface area (Å²) in [7, 11) is 0. The number of aliphatic carboxylic acids is 1. The number of aromatic amines is 1. The first-order chi connectivity index (χ1) is 19.0. The number of fused-ring (bicyclic) bond motifs is 1. The number of amides is 2. The lowest BCUT2D eigenvalue weighted by Crippen LogP contribution is -2.58. The molecule has 1 aromatic heterocycles. The van der Waals surface area contributed by atoms with Gasteiger partial charge in [0.25, 0.3) is 0 Å². The molecule has 1 aliphatic carbocycles. The number of carbonyl (C=O) groups excluding carboxylic acids is 1. The highest BCUT2D eigenvalue weighted by molar-refractivity contribution is 5.88. The minimum absolute atomic E-state index is 0.279. The molecular weight excluding hydrogens is 492 g/mol. The van der Waals surface area contributed by atoms with Gasteiger partial charge in [0.15, 0.2) is 0 Å². The third kappa shape index (κ3) is 5.67. The van der Waals surface area contributed by atoms with Crippen LogP contribution in [0.4, 0.5) is 4.79 Å². The summed E-state index contributed by atoms with van der Waals surface area (Å²) in [5.41, 5.74) is 4.40.